The van der Waals surface area contributed by atoms with Gasteiger partial charge in [0.1, 0.15) is 0 Å². The Balaban J connectivity index is 1.77. The zero-order valence-corrected chi connectivity index (χ0v) is 23.4. The maximum Gasteiger partial charge on any atom is 0.348 e. The van der Waals surface area contributed by atoms with Crippen molar-refractivity contribution >= 4 is 45.6 Å². The fourth-order valence-corrected chi connectivity index (χ4v) is 17.8. The van der Waals surface area contributed by atoms with E-state index < -0.39 is 24.4 Å². The molecule has 0 aliphatic carbocycles. The zero-order valence-electron chi connectivity index (χ0n) is 20.6. The van der Waals surface area contributed by atoms with Gasteiger partial charge in [-0.1, -0.05) is 121 Å². The number of rotatable bonds is 12. The van der Waals surface area contributed by atoms with Crippen LogP contribution in [0.15, 0.2) is 121 Å². The molecule has 0 amide bonds. The molecule has 0 radical (unpaired) electrons. The second-order valence-electron chi connectivity index (χ2n) is 8.29. The summed E-state index contributed by atoms with van der Waals surface area (Å²) in [7, 11) is -3.81. The molecule has 0 atom stereocenters. The third-order valence-electron chi connectivity index (χ3n) is 5.88. The van der Waals surface area contributed by atoms with Gasteiger partial charge in [-0.15, -0.1) is 0 Å². The fraction of sp³-hybridized carbons (Fsp3) is 0.200. The quantitative estimate of drug-likeness (QED) is 0.174. The summed E-state index contributed by atoms with van der Waals surface area (Å²) < 4.78 is 13.5. The van der Waals surface area contributed by atoms with Gasteiger partial charge in [0.2, 0.25) is 0 Å². The van der Waals surface area contributed by atoms with Crippen molar-refractivity contribution in [2.45, 2.75) is 13.8 Å². The molecule has 2 nitrogen and oxygen atoms in total. The van der Waals surface area contributed by atoms with Gasteiger partial charge in [-0.05, 0) is 50.9 Å². The van der Waals surface area contributed by atoms with E-state index in [0.29, 0.717) is 13.2 Å². The van der Waals surface area contributed by atoms with Crippen LogP contribution in [-0.2, 0) is 8.85 Å². The molecule has 0 saturated carbocycles. The lowest BCUT2D eigenvalue weighted by Gasteiger charge is -2.36. The van der Waals surface area contributed by atoms with Crippen molar-refractivity contribution in [3.63, 3.8) is 0 Å². The van der Waals surface area contributed by atoms with Crippen molar-refractivity contribution in [3.8, 4) is 0 Å². The summed E-state index contributed by atoms with van der Waals surface area (Å²) in [5, 5.41) is 5.53. The minimum Gasteiger partial charge on any atom is -0.394 e. The number of benzene rings is 4. The maximum atomic E-state index is 6.77. The van der Waals surface area contributed by atoms with Gasteiger partial charge >= 0.3 is 8.56 Å². The molecule has 4 rings (SSSR count). The Morgan fingerprint density at radius 1 is 0.457 bits per heavy atom. The van der Waals surface area contributed by atoms with Crippen LogP contribution < -0.4 is 21.2 Å². The fourth-order valence-electron chi connectivity index (χ4n) is 4.38. The Kier molecular flexibility index (Phi) is 9.83. The molecule has 0 bridgehead atoms. The van der Waals surface area contributed by atoms with Crippen molar-refractivity contribution in [3.05, 3.63) is 121 Å². The molecule has 180 valence electrons. The zero-order chi connectivity index (χ0) is 24.3. The van der Waals surface area contributed by atoms with Crippen molar-refractivity contribution in [2.75, 3.05) is 24.8 Å². The highest BCUT2D eigenvalue weighted by atomic mass is 31.1. The molecule has 0 spiro atoms. The maximum absolute atomic E-state index is 6.77. The minimum atomic E-state index is -2.60. The second-order valence-corrected chi connectivity index (χ2v) is 17.0. The summed E-state index contributed by atoms with van der Waals surface area (Å²) in [6.45, 7) is 5.57. The van der Waals surface area contributed by atoms with Crippen LogP contribution in [0.5, 0.6) is 0 Å². The highest BCUT2D eigenvalue weighted by Crippen LogP contribution is 2.43. The Morgan fingerprint density at radius 3 is 0.943 bits per heavy atom. The number of hydrogen-bond donors (Lipinski definition) is 0. The second kappa shape index (κ2) is 13.3. The average Bonchev–Trinajstić information content (AvgIpc) is 2.93. The molecule has 0 aliphatic heterocycles. The van der Waals surface area contributed by atoms with E-state index in [0.717, 1.165) is 11.6 Å². The summed E-state index contributed by atoms with van der Waals surface area (Å²) in [6, 6.07) is 43.8. The van der Waals surface area contributed by atoms with Crippen molar-refractivity contribution in [2.24, 2.45) is 0 Å². The molecular formula is C30H34O2P2Si. The molecule has 5 heteroatoms. The van der Waals surface area contributed by atoms with Gasteiger partial charge in [-0.2, -0.15) is 0 Å². The van der Waals surface area contributed by atoms with E-state index in [1.54, 1.807) is 0 Å². The summed E-state index contributed by atoms with van der Waals surface area (Å²) in [5.41, 5.74) is 0. The number of hydrogen-bond acceptors (Lipinski definition) is 2. The highest BCUT2D eigenvalue weighted by molar-refractivity contribution is 7.77. The highest BCUT2D eigenvalue weighted by Gasteiger charge is 2.43. The van der Waals surface area contributed by atoms with Gasteiger partial charge in [0.05, 0.1) is 0 Å². The van der Waals surface area contributed by atoms with Crippen LogP contribution in [-0.4, -0.2) is 33.3 Å². The average molecular weight is 517 g/mol. The van der Waals surface area contributed by atoms with Crippen LogP contribution in [0.2, 0.25) is 0 Å². The Morgan fingerprint density at radius 2 is 0.714 bits per heavy atom. The van der Waals surface area contributed by atoms with Gasteiger partial charge in [0, 0.05) is 24.8 Å². The Bertz CT molecular complexity index is 956. The molecule has 0 heterocycles. The van der Waals surface area contributed by atoms with E-state index in [1.807, 2.05) is 0 Å². The molecule has 4 aromatic carbocycles. The first-order chi connectivity index (χ1) is 17.2. The predicted molar refractivity (Wildman–Crippen MR) is 157 cm³/mol. The smallest absolute Gasteiger partial charge is 0.348 e. The van der Waals surface area contributed by atoms with E-state index >= 15 is 0 Å². The molecule has 35 heavy (non-hydrogen) atoms. The van der Waals surface area contributed by atoms with Crippen LogP contribution in [0.3, 0.4) is 0 Å². The largest absolute Gasteiger partial charge is 0.394 e. The molecular weight excluding hydrogens is 482 g/mol. The lowest BCUT2D eigenvalue weighted by atomic mass is 10.4. The van der Waals surface area contributed by atoms with Gasteiger partial charge < -0.3 is 8.85 Å². The Labute approximate surface area is 214 Å². The van der Waals surface area contributed by atoms with E-state index in [9.17, 15) is 0 Å². The molecule has 0 unspecified atom stereocenters. The van der Waals surface area contributed by atoms with Gasteiger partial charge in [-0.3, -0.25) is 0 Å². The van der Waals surface area contributed by atoms with Crippen LogP contribution in [0.1, 0.15) is 13.8 Å². The Hall–Kier alpha value is -2.12. The third kappa shape index (κ3) is 6.97. The summed E-state index contributed by atoms with van der Waals surface area (Å²) in [4.78, 5) is 0. The first-order valence-electron chi connectivity index (χ1n) is 12.3. The standard InChI is InChI=1S/C30H34O2P2Si/c1-3-31-35(32-4-2,25-33(27-17-9-5-10-18-27)28-19-11-6-12-20-28)26-34(29-21-13-7-14-22-29)30-23-15-8-16-24-30/h5-24H,3-4,25-26H2,1-2H3. The molecule has 4 aromatic rings. The van der Waals surface area contributed by atoms with Crippen molar-refractivity contribution in [1.82, 2.24) is 0 Å². The van der Waals surface area contributed by atoms with Crippen LogP contribution in [0.25, 0.3) is 0 Å². The normalized spacial score (nSPS) is 11.8. The topological polar surface area (TPSA) is 18.5 Å². The lowest BCUT2D eigenvalue weighted by Crippen LogP contribution is -2.52. The predicted octanol–water partition coefficient (Wildman–Crippen LogP) is 5.85. The summed E-state index contributed by atoms with van der Waals surface area (Å²) >= 11 is 0. The van der Waals surface area contributed by atoms with Crippen molar-refractivity contribution in [1.29, 1.82) is 0 Å². The van der Waals surface area contributed by atoms with Crippen molar-refractivity contribution < 1.29 is 8.85 Å². The van der Waals surface area contributed by atoms with E-state index in [2.05, 4.69) is 135 Å². The minimum absolute atomic E-state index is 0.608. The molecule has 0 fully saturated rings. The molecule has 0 saturated heterocycles. The first kappa shape index (κ1) is 26.0. The van der Waals surface area contributed by atoms with Gasteiger partial charge in [0.15, 0.2) is 0 Å². The SMILES string of the molecule is CCO[Si](CP(c1ccccc1)c1ccccc1)(CP(c1ccccc1)c1ccccc1)OCC. The lowest BCUT2D eigenvalue weighted by molar-refractivity contribution is 0.193. The van der Waals surface area contributed by atoms with Crippen LogP contribution >= 0.6 is 15.8 Å². The molecule has 0 aromatic heterocycles. The van der Waals surface area contributed by atoms with E-state index in [4.69, 9.17) is 8.85 Å². The van der Waals surface area contributed by atoms with Crippen LogP contribution in [0, 0.1) is 0 Å². The van der Waals surface area contributed by atoms with Gasteiger partial charge in [0.25, 0.3) is 0 Å². The molecule has 0 N–H and O–H groups in total. The monoisotopic (exact) mass is 516 g/mol. The third-order valence-corrected chi connectivity index (χ3v) is 17.6. The van der Waals surface area contributed by atoms with Gasteiger partial charge in [-0.25, -0.2) is 0 Å². The van der Waals surface area contributed by atoms with E-state index in [1.165, 1.54) is 21.2 Å². The first-order valence-corrected chi connectivity index (χ1v) is 17.6. The molecule has 0 aliphatic rings. The summed E-state index contributed by atoms with van der Waals surface area (Å²) in [5.74, 6) is 1.91. The summed E-state index contributed by atoms with van der Waals surface area (Å²) in [6.07, 6.45) is 0. The van der Waals surface area contributed by atoms with E-state index in [-0.39, 0.29) is 0 Å². The van der Waals surface area contributed by atoms with Crippen LogP contribution in [0.4, 0.5) is 0 Å².